The highest BCUT2D eigenvalue weighted by atomic mass is 79.9. The second kappa shape index (κ2) is 5.19. The predicted molar refractivity (Wildman–Crippen MR) is 76.7 cm³/mol. The first kappa shape index (κ1) is 13.8. The number of sulfone groups is 1. The molecule has 0 amide bonds. The molecule has 2 rings (SSSR count). The van der Waals surface area contributed by atoms with E-state index in [1.807, 2.05) is 13.0 Å². The molecule has 0 saturated carbocycles. The molecule has 0 aromatic heterocycles. The molecule has 100 valence electrons. The zero-order valence-corrected chi connectivity index (χ0v) is 12.7. The summed E-state index contributed by atoms with van der Waals surface area (Å²) in [6.07, 6.45) is 0.852. The van der Waals surface area contributed by atoms with Gasteiger partial charge in [-0.2, -0.15) is 0 Å². The average Bonchev–Trinajstić information content (AvgIpc) is 2.29. The summed E-state index contributed by atoms with van der Waals surface area (Å²) in [4.78, 5) is 2.56. The Labute approximate surface area is 116 Å². The van der Waals surface area contributed by atoms with Gasteiger partial charge in [-0.3, -0.25) is 0 Å². The topological polar surface area (TPSA) is 63.4 Å². The van der Waals surface area contributed by atoms with Gasteiger partial charge in [0.05, 0.1) is 16.3 Å². The SMILES string of the molecule is CC1CS(=O)(=O)c2cccc(Br)c2N1CCCN. The first-order chi connectivity index (χ1) is 8.47. The number of nitrogens with two attached hydrogens (primary N) is 1. The highest BCUT2D eigenvalue weighted by Crippen LogP contribution is 2.38. The van der Waals surface area contributed by atoms with Crippen molar-refractivity contribution in [3.63, 3.8) is 0 Å². The lowest BCUT2D eigenvalue weighted by atomic mass is 10.2. The van der Waals surface area contributed by atoms with Crippen molar-refractivity contribution in [3.05, 3.63) is 22.7 Å². The molecular weight excluding hydrogens is 316 g/mol. The fourth-order valence-electron chi connectivity index (χ4n) is 2.34. The Bertz CT molecular complexity index is 545. The minimum atomic E-state index is -3.17. The van der Waals surface area contributed by atoms with Gasteiger partial charge in [-0.05, 0) is 48.0 Å². The van der Waals surface area contributed by atoms with Crippen LogP contribution in [0.25, 0.3) is 0 Å². The summed E-state index contributed by atoms with van der Waals surface area (Å²) in [6.45, 7) is 3.33. The fourth-order valence-corrected chi connectivity index (χ4v) is 4.86. The lowest BCUT2D eigenvalue weighted by Gasteiger charge is -2.37. The van der Waals surface area contributed by atoms with Crippen LogP contribution in [-0.2, 0) is 9.84 Å². The van der Waals surface area contributed by atoms with Gasteiger partial charge >= 0.3 is 0 Å². The molecule has 1 aliphatic heterocycles. The summed E-state index contributed by atoms with van der Waals surface area (Å²) in [5, 5.41) is 0. The van der Waals surface area contributed by atoms with Crippen LogP contribution in [0.3, 0.4) is 0 Å². The van der Waals surface area contributed by atoms with Crippen molar-refractivity contribution in [2.75, 3.05) is 23.7 Å². The Morgan fingerprint density at radius 3 is 2.89 bits per heavy atom. The molecule has 0 radical (unpaired) electrons. The molecule has 0 bridgehead atoms. The molecule has 1 atom stereocenters. The molecule has 0 spiro atoms. The summed E-state index contributed by atoms with van der Waals surface area (Å²) in [5.74, 6) is 0.168. The van der Waals surface area contributed by atoms with Crippen LogP contribution in [0.4, 0.5) is 5.69 Å². The lowest BCUT2D eigenvalue weighted by Crippen LogP contribution is -2.44. The van der Waals surface area contributed by atoms with Crippen molar-refractivity contribution in [2.45, 2.75) is 24.3 Å². The van der Waals surface area contributed by atoms with Crippen molar-refractivity contribution in [2.24, 2.45) is 5.73 Å². The van der Waals surface area contributed by atoms with Gasteiger partial charge in [-0.25, -0.2) is 8.42 Å². The van der Waals surface area contributed by atoms with E-state index >= 15 is 0 Å². The van der Waals surface area contributed by atoms with Crippen LogP contribution >= 0.6 is 15.9 Å². The van der Waals surface area contributed by atoms with Gasteiger partial charge in [-0.1, -0.05) is 6.07 Å². The number of fused-ring (bicyclic) bond motifs is 1. The Morgan fingerprint density at radius 1 is 1.50 bits per heavy atom. The first-order valence-corrected chi connectivity index (χ1v) is 8.40. The van der Waals surface area contributed by atoms with Crippen LogP contribution < -0.4 is 10.6 Å². The van der Waals surface area contributed by atoms with E-state index in [0.717, 1.165) is 23.1 Å². The van der Waals surface area contributed by atoms with Crippen molar-refractivity contribution in [1.29, 1.82) is 0 Å². The summed E-state index contributed by atoms with van der Waals surface area (Å²) >= 11 is 3.46. The minimum absolute atomic E-state index is 0.0206. The van der Waals surface area contributed by atoms with Crippen molar-refractivity contribution in [3.8, 4) is 0 Å². The maximum Gasteiger partial charge on any atom is 0.182 e. The molecule has 1 aromatic carbocycles. The van der Waals surface area contributed by atoms with E-state index in [2.05, 4.69) is 20.8 Å². The van der Waals surface area contributed by atoms with Crippen LogP contribution in [0.2, 0.25) is 0 Å². The summed E-state index contributed by atoms with van der Waals surface area (Å²) in [7, 11) is -3.17. The molecule has 18 heavy (non-hydrogen) atoms. The Morgan fingerprint density at radius 2 is 2.22 bits per heavy atom. The minimum Gasteiger partial charge on any atom is -0.366 e. The largest absolute Gasteiger partial charge is 0.366 e. The van der Waals surface area contributed by atoms with Gasteiger partial charge in [0.2, 0.25) is 0 Å². The first-order valence-electron chi connectivity index (χ1n) is 5.95. The number of para-hydroxylation sites is 1. The molecule has 1 unspecified atom stereocenters. The average molecular weight is 333 g/mol. The summed E-state index contributed by atoms with van der Waals surface area (Å²) < 4.78 is 25.2. The van der Waals surface area contributed by atoms with E-state index < -0.39 is 9.84 Å². The lowest BCUT2D eigenvalue weighted by molar-refractivity contribution is 0.568. The van der Waals surface area contributed by atoms with Gasteiger partial charge in [0.1, 0.15) is 0 Å². The van der Waals surface area contributed by atoms with Gasteiger partial charge < -0.3 is 10.6 Å². The van der Waals surface area contributed by atoms with Crippen molar-refractivity contribution >= 4 is 31.5 Å². The maximum atomic E-state index is 12.2. The Hall–Kier alpha value is -0.590. The smallest absolute Gasteiger partial charge is 0.182 e. The molecular formula is C12H17BrN2O2S. The van der Waals surface area contributed by atoms with Crippen LogP contribution in [0.5, 0.6) is 0 Å². The van der Waals surface area contributed by atoms with Crippen LogP contribution in [0.15, 0.2) is 27.6 Å². The van der Waals surface area contributed by atoms with E-state index in [9.17, 15) is 8.42 Å². The Balaban J connectivity index is 2.53. The van der Waals surface area contributed by atoms with Crippen molar-refractivity contribution in [1.82, 2.24) is 0 Å². The third-order valence-corrected chi connectivity index (χ3v) is 5.73. The zero-order valence-electron chi connectivity index (χ0n) is 10.3. The number of halogens is 1. The third-order valence-electron chi connectivity index (χ3n) is 3.17. The molecule has 0 saturated heterocycles. The van der Waals surface area contributed by atoms with E-state index in [-0.39, 0.29) is 11.8 Å². The molecule has 1 aromatic rings. The van der Waals surface area contributed by atoms with Crippen LogP contribution in [0, 0.1) is 0 Å². The molecule has 0 aliphatic carbocycles. The van der Waals surface area contributed by atoms with E-state index in [0.29, 0.717) is 11.4 Å². The quantitative estimate of drug-likeness (QED) is 0.916. The van der Waals surface area contributed by atoms with E-state index in [1.165, 1.54) is 0 Å². The van der Waals surface area contributed by atoms with Gasteiger partial charge in [0.25, 0.3) is 0 Å². The molecule has 6 heteroatoms. The van der Waals surface area contributed by atoms with Crippen LogP contribution in [-0.4, -0.2) is 33.3 Å². The monoisotopic (exact) mass is 332 g/mol. The summed E-state index contributed by atoms with van der Waals surface area (Å²) in [5.41, 5.74) is 6.33. The molecule has 1 heterocycles. The molecule has 2 N–H and O–H groups in total. The van der Waals surface area contributed by atoms with E-state index in [1.54, 1.807) is 12.1 Å². The van der Waals surface area contributed by atoms with Gasteiger partial charge in [0.15, 0.2) is 9.84 Å². The highest BCUT2D eigenvalue weighted by Gasteiger charge is 2.34. The maximum absolute atomic E-state index is 12.2. The fraction of sp³-hybridized carbons (Fsp3) is 0.500. The number of rotatable bonds is 3. The third kappa shape index (κ3) is 2.41. The number of benzene rings is 1. The standard InChI is InChI=1S/C12H17BrN2O2S/c1-9-8-18(16,17)11-5-2-4-10(13)12(11)15(9)7-3-6-14/h2,4-5,9H,3,6-8,14H2,1H3. The molecule has 1 aliphatic rings. The van der Waals surface area contributed by atoms with E-state index in [4.69, 9.17) is 5.73 Å². The van der Waals surface area contributed by atoms with Gasteiger partial charge in [-0.15, -0.1) is 0 Å². The van der Waals surface area contributed by atoms with Crippen molar-refractivity contribution < 1.29 is 8.42 Å². The number of hydrogen-bond acceptors (Lipinski definition) is 4. The number of anilines is 1. The summed E-state index contributed by atoms with van der Waals surface area (Å²) in [6, 6.07) is 5.30. The second-order valence-electron chi connectivity index (χ2n) is 4.55. The normalized spacial score (nSPS) is 21.7. The highest BCUT2D eigenvalue weighted by molar-refractivity contribution is 9.10. The van der Waals surface area contributed by atoms with Crippen LogP contribution in [0.1, 0.15) is 13.3 Å². The molecule has 0 fully saturated rings. The second-order valence-corrected chi connectivity index (χ2v) is 7.41. The molecule has 4 nitrogen and oxygen atoms in total. The zero-order chi connectivity index (χ0) is 13.3. The number of nitrogens with zero attached hydrogens (tertiary/aromatic N) is 1. The predicted octanol–water partition coefficient (Wildman–Crippen LogP) is 1.78. The van der Waals surface area contributed by atoms with Gasteiger partial charge in [0, 0.05) is 17.1 Å². The number of hydrogen-bond donors (Lipinski definition) is 1. The Kier molecular flexibility index (Phi) is 3.99.